The average Bonchev–Trinajstić information content (AvgIpc) is 2.61. The van der Waals surface area contributed by atoms with Crippen molar-refractivity contribution in [3.63, 3.8) is 0 Å². The molecule has 32 heavy (non-hydrogen) atoms. The molecule has 0 spiro atoms. The molecule has 5 nitrogen and oxygen atoms in total. The lowest BCUT2D eigenvalue weighted by Gasteiger charge is -2.46. The minimum Gasteiger partial charge on any atom is -0.378 e. The maximum absolute atomic E-state index is 6.46. The number of hydrogen-bond acceptors (Lipinski definition) is 5. The first kappa shape index (κ1) is 31.8. The zero-order chi connectivity index (χ0) is 25.5. The SMILES string of the molecule is CC(N)CC(C)(C)OCC(C)C(C)(C)C(C)(C)OCCC(C)C(C)OCC(C)C(C)(C)N. The van der Waals surface area contributed by atoms with Gasteiger partial charge in [-0.05, 0) is 91.4 Å². The quantitative estimate of drug-likeness (QED) is 0.306. The third-order valence-electron chi connectivity index (χ3n) is 8.04. The molecule has 0 saturated carbocycles. The highest BCUT2D eigenvalue weighted by Gasteiger charge is 2.42. The van der Waals surface area contributed by atoms with Gasteiger partial charge in [-0.15, -0.1) is 0 Å². The van der Waals surface area contributed by atoms with Gasteiger partial charge in [-0.2, -0.15) is 0 Å². The summed E-state index contributed by atoms with van der Waals surface area (Å²) >= 11 is 0. The van der Waals surface area contributed by atoms with Crippen LogP contribution in [0.15, 0.2) is 0 Å². The van der Waals surface area contributed by atoms with Crippen molar-refractivity contribution >= 4 is 0 Å². The summed E-state index contributed by atoms with van der Waals surface area (Å²) in [4.78, 5) is 0. The van der Waals surface area contributed by atoms with E-state index < -0.39 is 0 Å². The molecule has 0 aliphatic rings. The fourth-order valence-corrected chi connectivity index (χ4v) is 3.58. The molecule has 0 aromatic rings. The molecule has 0 aliphatic heterocycles. The van der Waals surface area contributed by atoms with Crippen molar-refractivity contribution in [1.29, 1.82) is 0 Å². The second-order valence-corrected chi connectivity index (χ2v) is 12.8. The maximum Gasteiger partial charge on any atom is 0.0680 e. The van der Waals surface area contributed by atoms with Gasteiger partial charge in [-0.3, -0.25) is 0 Å². The van der Waals surface area contributed by atoms with Crippen LogP contribution in [0.25, 0.3) is 0 Å². The van der Waals surface area contributed by atoms with Crippen LogP contribution in [0.3, 0.4) is 0 Å². The van der Waals surface area contributed by atoms with Gasteiger partial charge in [0.15, 0.2) is 0 Å². The smallest absolute Gasteiger partial charge is 0.0680 e. The van der Waals surface area contributed by atoms with E-state index in [1.807, 2.05) is 6.92 Å². The van der Waals surface area contributed by atoms with Crippen molar-refractivity contribution in [1.82, 2.24) is 0 Å². The van der Waals surface area contributed by atoms with E-state index >= 15 is 0 Å². The zero-order valence-corrected chi connectivity index (χ0v) is 23.8. The monoisotopic (exact) mass is 458 g/mol. The summed E-state index contributed by atoms with van der Waals surface area (Å²) in [5.74, 6) is 1.07. The first-order chi connectivity index (χ1) is 14.2. The molecule has 5 atom stereocenters. The van der Waals surface area contributed by atoms with Crippen molar-refractivity contribution in [2.75, 3.05) is 19.8 Å². The lowest BCUT2D eigenvalue weighted by molar-refractivity contribution is -0.144. The van der Waals surface area contributed by atoms with Crippen LogP contribution < -0.4 is 11.5 Å². The molecule has 0 heterocycles. The number of rotatable bonds is 16. The topological polar surface area (TPSA) is 79.7 Å². The van der Waals surface area contributed by atoms with E-state index in [1.54, 1.807) is 0 Å². The predicted octanol–water partition coefficient (Wildman–Crippen LogP) is 5.78. The highest BCUT2D eigenvalue weighted by atomic mass is 16.5. The van der Waals surface area contributed by atoms with Crippen LogP contribution >= 0.6 is 0 Å². The Bertz CT molecular complexity index is 523. The molecule has 194 valence electrons. The Kier molecular flexibility index (Phi) is 12.4. The Balaban J connectivity index is 4.66. The summed E-state index contributed by atoms with van der Waals surface area (Å²) < 4.78 is 18.8. The van der Waals surface area contributed by atoms with Crippen LogP contribution in [-0.2, 0) is 14.2 Å². The van der Waals surface area contributed by atoms with Gasteiger partial charge >= 0.3 is 0 Å². The minimum atomic E-state index is -0.275. The normalized spacial score (nSPS) is 18.8. The summed E-state index contributed by atoms with van der Waals surface area (Å²) in [6, 6.07) is 0.131. The fraction of sp³-hybridized carbons (Fsp3) is 1.00. The van der Waals surface area contributed by atoms with E-state index in [0.717, 1.165) is 12.8 Å². The van der Waals surface area contributed by atoms with Gasteiger partial charge < -0.3 is 25.7 Å². The molecular weight excluding hydrogens is 400 g/mol. The van der Waals surface area contributed by atoms with E-state index in [-0.39, 0.29) is 34.3 Å². The van der Waals surface area contributed by atoms with Gasteiger partial charge in [0.05, 0.1) is 30.5 Å². The highest BCUT2D eigenvalue weighted by molar-refractivity contribution is 4.92. The van der Waals surface area contributed by atoms with Crippen LogP contribution in [0.2, 0.25) is 0 Å². The third kappa shape index (κ3) is 10.8. The van der Waals surface area contributed by atoms with E-state index in [0.29, 0.717) is 37.6 Å². The Morgan fingerprint density at radius 1 is 0.750 bits per heavy atom. The lowest BCUT2D eigenvalue weighted by Crippen LogP contribution is -2.48. The number of nitrogens with two attached hydrogens (primary N) is 2. The molecule has 5 unspecified atom stereocenters. The summed E-state index contributed by atoms with van der Waals surface area (Å²) in [7, 11) is 0. The van der Waals surface area contributed by atoms with Crippen LogP contribution in [0.1, 0.15) is 103 Å². The molecule has 0 amide bonds. The van der Waals surface area contributed by atoms with Gasteiger partial charge in [-0.1, -0.05) is 34.6 Å². The predicted molar refractivity (Wildman–Crippen MR) is 138 cm³/mol. The summed E-state index contributed by atoms with van der Waals surface area (Å²) in [6.45, 7) is 30.2. The van der Waals surface area contributed by atoms with E-state index in [4.69, 9.17) is 25.7 Å². The van der Waals surface area contributed by atoms with Crippen LogP contribution in [0.5, 0.6) is 0 Å². The summed E-state index contributed by atoms with van der Waals surface area (Å²) in [5, 5.41) is 0. The van der Waals surface area contributed by atoms with E-state index in [2.05, 4.69) is 83.1 Å². The van der Waals surface area contributed by atoms with Gasteiger partial charge in [-0.25, -0.2) is 0 Å². The van der Waals surface area contributed by atoms with Crippen molar-refractivity contribution in [3.8, 4) is 0 Å². The van der Waals surface area contributed by atoms with Crippen LogP contribution in [-0.4, -0.2) is 48.7 Å². The van der Waals surface area contributed by atoms with Crippen LogP contribution in [0.4, 0.5) is 0 Å². The van der Waals surface area contributed by atoms with Crippen molar-refractivity contribution in [2.45, 2.75) is 132 Å². The minimum absolute atomic E-state index is 0.0507. The Hall–Kier alpha value is -0.200. The molecule has 5 heteroatoms. The van der Waals surface area contributed by atoms with Gasteiger partial charge in [0, 0.05) is 18.2 Å². The average molecular weight is 459 g/mol. The molecule has 0 fully saturated rings. The Labute approximate surface area is 200 Å². The Morgan fingerprint density at radius 2 is 1.28 bits per heavy atom. The van der Waals surface area contributed by atoms with Crippen molar-refractivity contribution in [2.24, 2.45) is 34.6 Å². The molecule has 0 rings (SSSR count). The first-order valence-corrected chi connectivity index (χ1v) is 12.7. The largest absolute Gasteiger partial charge is 0.378 e. The number of hydrogen-bond donors (Lipinski definition) is 2. The lowest BCUT2D eigenvalue weighted by atomic mass is 9.68. The van der Waals surface area contributed by atoms with Crippen molar-refractivity contribution in [3.05, 3.63) is 0 Å². The first-order valence-electron chi connectivity index (χ1n) is 12.7. The summed E-state index contributed by atoms with van der Waals surface area (Å²) in [5.41, 5.74) is 11.4. The van der Waals surface area contributed by atoms with E-state index in [1.165, 1.54) is 0 Å². The van der Waals surface area contributed by atoms with Crippen molar-refractivity contribution < 1.29 is 14.2 Å². The molecule has 0 aliphatic carbocycles. The molecule has 4 N–H and O–H groups in total. The summed E-state index contributed by atoms with van der Waals surface area (Å²) in [6.07, 6.45) is 1.99. The van der Waals surface area contributed by atoms with E-state index in [9.17, 15) is 0 Å². The standard InChI is InChI=1S/C27H58N2O3/c1-19(23(5)30-17-21(3)26(10,11)29)14-15-31-27(12,13)25(8,9)20(2)18-32-24(6,7)16-22(4)28/h19-23H,14-18,28-29H2,1-13H3. The Morgan fingerprint density at radius 3 is 1.75 bits per heavy atom. The van der Waals surface area contributed by atoms with Gasteiger partial charge in [0.25, 0.3) is 0 Å². The molecule has 0 bridgehead atoms. The van der Waals surface area contributed by atoms with Crippen LogP contribution in [0, 0.1) is 23.2 Å². The van der Waals surface area contributed by atoms with Gasteiger partial charge in [0.1, 0.15) is 0 Å². The molecular formula is C27H58N2O3. The molecule has 0 radical (unpaired) electrons. The zero-order valence-electron chi connectivity index (χ0n) is 23.8. The molecule has 0 aromatic carbocycles. The second-order valence-electron chi connectivity index (χ2n) is 12.8. The third-order valence-corrected chi connectivity index (χ3v) is 8.04. The highest BCUT2D eigenvalue weighted by Crippen LogP contribution is 2.41. The molecule has 0 aromatic heterocycles. The molecule has 0 saturated heterocycles. The second kappa shape index (κ2) is 12.5. The number of ether oxygens (including phenoxy) is 3. The fourth-order valence-electron chi connectivity index (χ4n) is 3.58. The van der Waals surface area contributed by atoms with Gasteiger partial charge in [0.2, 0.25) is 0 Å². The maximum atomic E-state index is 6.46.